The fourth-order valence-corrected chi connectivity index (χ4v) is 5.42. The van der Waals surface area contributed by atoms with Crippen LogP contribution in [0.5, 0.6) is 5.75 Å². The largest absolute Gasteiger partial charge is 0.494 e. The molecular formula is C19H17Cl2N3O2S2. The van der Waals surface area contributed by atoms with Gasteiger partial charge in [0, 0.05) is 10.4 Å². The van der Waals surface area contributed by atoms with Crippen LogP contribution in [0.4, 0.5) is 5.00 Å². The van der Waals surface area contributed by atoms with Crippen LogP contribution in [-0.2, 0) is 12.8 Å². The summed E-state index contributed by atoms with van der Waals surface area (Å²) in [6, 6.07) is 5.17. The second-order valence-electron chi connectivity index (χ2n) is 6.55. The molecule has 0 unspecified atom stereocenters. The number of carbonyl (C=O) groups excluding carboxylic acids is 1. The molecule has 0 radical (unpaired) electrons. The number of ether oxygens (including phenoxy) is 1. The lowest BCUT2D eigenvalue weighted by Gasteiger charge is -2.17. The lowest BCUT2D eigenvalue weighted by Crippen LogP contribution is -2.34. The number of carbonyl (C=O) groups is 1. The number of halogens is 2. The molecule has 146 valence electrons. The van der Waals surface area contributed by atoms with Gasteiger partial charge in [0.05, 0.1) is 22.7 Å². The van der Waals surface area contributed by atoms with Crippen molar-refractivity contribution < 1.29 is 9.53 Å². The highest BCUT2D eigenvalue weighted by Crippen LogP contribution is 2.39. The highest BCUT2D eigenvalue weighted by atomic mass is 35.5. The average molecular weight is 454 g/mol. The van der Waals surface area contributed by atoms with Crippen LogP contribution in [-0.4, -0.2) is 18.1 Å². The number of hydrogen-bond donors (Lipinski definition) is 2. The van der Waals surface area contributed by atoms with Crippen LogP contribution in [0.1, 0.15) is 39.7 Å². The Morgan fingerprint density at radius 3 is 2.68 bits per heavy atom. The van der Waals surface area contributed by atoms with E-state index in [0.29, 0.717) is 22.2 Å². The van der Waals surface area contributed by atoms with Crippen LogP contribution in [0.3, 0.4) is 0 Å². The molecule has 1 heterocycles. The van der Waals surface area contributed by atoms with Gasteiger partial charge in [-0.25, -0.2) is 0 Å². The minimum Gasteiger partial charge on any atom is -0.494 e. The first-order valence-corrected chi connectivity index (χ1v) is 10.5. The lowest BCUT2D eigenvalue weighted by atomic mass is 9.89. The third-order valence-electron chi connectivity index (χ3n) is 4.54. The summed E-state index contributed by atoms with van der Waals surface area (Å²) in [7, 11) is 1.44. The fraction of sp³-hybridized carbons (Fsp3) is 0.316. The molecule has 0 bridgehead atoms. The van der Waals surface area contributed by atoms with Gasteiger partial charge >= 0.3 is 0 Å². The number of nitrogens with zero attached hydrogens (tertiary/aromatic N) is 1. The number of nitrogens with one attached hydrogen (secondary N) is 2. The lowest BCUT2D eigenvalue weighted by molar-refractivity contribution is 0.0977. The minimum absolute atomic E-state index is 0.108. The Bertz CT molecular complexity index is 975. The Hall–Kier alpha value is -1.85. The Morgan fingerprint density at radius 1 is 1.39 bits per heavy atom. The Morgan fingerprint density at radius 2 is 2.07 bits per heavy atom. The quantitative estimate of drug-likeness (QED) is 0.625. The van der Waals surface area contributed by atoms with E-state index in [2.05, 4.69) is 23.6 Å². The van der Waals surface area contributed by atoms with Gasteiger partial charge in [0.2, 0.25) is 0 Å². The van der Waals surface area contributed by atoms with E-state index in [1.54, 1.807) is 0 Å². The number of benzene rings is 1. The first-order valence-electron chi connectivity index (χ1n) is 8.54. The normalized spacial score (nSPS) is 15.3. The fourth-order valence-electron chi connectivity index (χ4n) is 3.15. The second-order valence-corrected chi connectivity index (χ2v) is 8.88. The summed E-state index contributed by atoms with van der Waals surface area (Å²) in [5.41, 5.74) is 1.95. The van der Waals surface area contributed by atoms with Crippen molar-refractivity contribution in [1.29, 1.82) is 5.26 Å². The van der Waals surface area contributed by atoms with E-state index in [1.165, 1.54) is 35.5 Å². The number of methoxy groups -OCH3 is 1. The van der Waals surface area contributed by atoms with Crippen molar-refractivity contribution in [2.24, 2.45) is 5.92 Å². The average Bonchev–Trinajstić information content (AvgIpc) is 2.96. The standard InChI is InChI=1S/C19H17Cl2N3O2S2/c1-9-3-4-11-12(8-22)18(28-15(11)5-9)24-19(27)23-17(25)10-6-13(20)16(26-2)14(21)7-10/h6-7,9H,3-5H2,1-2H3,(H2,23,24,25,27)/t9-/m0/s1. The Kier molecular flexibility index (Phi) is 6.46. The monoisotopic (exact) mass is 453 g/mol. The van der Waals surface area contributed by atoms with E-state index in [4.69, 9.17) is 40.2 Å². The number of hydrogen-bond acceptors (Lipinski definition) is 5. The van der Waals surface area contributed by atoms with Crippen molar-refractivity contribution in [1.82, 2.24) is 5.32 Å². The summed E-state index contributed by atoms with van der Waals surface area (Å²) >= 11 is 18.9. The van der Waals surface area contributed by atoms with Crippen LogP contribution in [0, 0.1) is 17.2 Å². The number of thiophene rings is 1. The molecule has 1 aromatic heterocycles. The van der Waals surface area contributed by atoms with Gasteiger partial charge in [-0.1, -0.05) is 30.1 Å². The van der Waals surface area contributed by atoms with E-state index in [1.807, 2.05) is 0 Å². The van der Waals surface area contributed by atoms with E-state index in [0.717, 1.165) is 24.8 Å². The van der Waals surface area contributed by atoms with Crippen LogP contribution in [0.15, 0.2) is 12.1 Å². The molecule has 3 rings (SSSR count). The van der Waals surface area contributed by atoms with Crippen molar-refractivity contribution >= 4 is 62.8 Å². The Balaban J connectivity index is 1.75. The first kappa shape index (κ1) is 20.9. The number of fused-ring (bicyclic) bond motifs is 1. The molecule has 0 saturated carbocycles. The number of amides is 1. The van der Waals surface area contributed by atoms with Crippen LogP contribution < -0.4 is 15.4 Å². The van der Waals surface area contributed by atoms with E-state index < -0.39 is 5.91 Å². The Labute approximate surface area is 182 Å². The summed E-state index contributed by atoms with van der Waals surface area (Å²) in [6.45, 7) is 2.21. The smallest absolute Gasteiger partial charge is 0.257 e. The van der Waals surface area contributed by atoms with Crippen LogP contribution in [0.25, 0.3) is 0 Å². The number of nitriles is 1. The van der Waals surface area contributed by atoms with Gasteiger partial charge in [-0.3, -0.25) is 10.1 Å². The SMILES string of the molecule is COc1c(Cl)cc(C(=O)NC(=S)Nc2sc3c(c2C#N)CC[C@H](C)C3)cc1Cl. The maximum Gasteiger partial charge on any atom is 0.257 e. The van der Waals surface area contributed by atoms with Crippen molar-refractivity contribution in [2.75, 3.05) is 12.4 Å². The third-order valence-corrected chi connectivity index (χ3v) is 6.48. The van der Waals surface area contributed by atoms with Gasteiger partial charge in [0.1, 0.15) is 11.1 Å². The van der Waals surface area contributed by atoms with Crippen LogP contribution >= 0.6 is 46.8 Å². The summed E-state index contributed by atoms with van der Waals surface area (Å²) in [4.78, 5) is 13.7. The molecule has 2 aromatic rings. The summed E-state index contributed by atoms with van der Waals surface area (Å²) in [5.74, 6) is 0.441. The van der Waals surface area contributed by atoms with Crippen molar-refractivity contribution in [3.05, 3.63) is 43.7 Å². The van der Waals surface area contributed by atoms with Gasteiger partial charge in [-0.15, -0.1) is 11.3 Å². The zero-order chi connectivity index (χ0) is 20.4. The van der Waals surface area contributed by atoms with Crippen LogP contribution in [0.2, 0.25) is 10.0 Å². The molecule has 0 saturated heterocycles. The maximum atomic E-state index is 12.5. The molecule has 1 aromatic carbocycles. The summed E-state index contributed by atoms with van der Waals surface area (Å²) in [6.07, 6.45) is 2.91. The molecule has 1 aliphatic rings. The second kappa shape index (κ2) is 8.66. The molecule has 0 aliphatic heterocycles. The molecular weight excluding hydrogens is 437 g/mol. The number of anilines is 1. The number of thiocarbonyl (C=S) groups is 1. The van der Waals surface area contributed by atoms with E-state index in [-0.39, 0.29) is 20.7 Å². The molecule has 1 atom stereocenters. The van der Waals surface area contributed by atoms with Crippen molar-refractivity contribution in [2.45, 2.75) is 26.2 Å². The molecule has 2 N–H and O–H groups in total. The summed E-state index contributed by atoms with van der Waals surface area (Å²) < 4.78 is 5.08. The third kappa shape index (κ3) is 4.26. The van der Waals surface area contributed by atoms with Gasteiger partial charge in [0.15, 0.2) is 10.9 Å². The van der Waals surface area contributed by atoms with Gasteiger partial charge < -0.3 is 10.1 Å². The maximum absolute atomic E-state index is 12.5. The molecule has 28 heavy (non-hydrogen) atoms. The van der Waals surface area contributed by atoms with Gasteiger partial charge in [-0.2, -0.15) is 5.26 Å². The molecule has 1 amide bonds. The molecule has 5 nitrogen and oxygen atoms in total. The highest BCUT2D eigenvalue weighted by Gasteiger charge is 2.24. The summed E-state index contributed by atoms with van der Waals surface area (Å²) in [5, 5.41) is 16.4. The zero-order valence-corrected chi connectivity index (χ0v) is 18.3. The molecule has 0 fully saturated rings. The minimum atomic E-state index is -0.461. The van der Waals surface area contributed by atoms with Gasteiger partial charge in [0.25, 0.3) is 5.91 Å². The van der Waals surface area contributed by atoms with Gasteiger partial charge in [-0.05, 0) is 55.1 Å². The van der Waals surface area contributed by atoms with E-state index in [9.17, 15) is 10.1 Å². The van der Waals surface area contributed by atoms with Crippen molar-refractivity contribution in [3.63, 3.8) is 0 Å². The number of rotatable bonds is 3. The molecule has 1 aliphatic carbocycles. The predicted octanol–water partition coefficient (Wildman–Crippen LogP) is 5.19. The zero-order valence-electron chi connectivity index (χ0n) is 15.2. The van der Waals surface area contributed by atoms with E-state index >= 15 is 0 Å². The highest BCUT2D eigenvalue weighted by molar-refractivity contribution is 7.80. The first-order chi connectivity index (χ1) is 13.3. The predicted molar refractivity (Wildman–Crippen MR) is 117 cm³/mol. The van der Waals surface area contributed by atoms with Crippen molar-refractivity contribution in [3.8, 4) is 11.8 Å². The molecule has 9 heteroatoms. The topological polar surface area (TPSA) is 74.2 Å². The molecule has 0 spiro atoms.